The van der Waals surface area contributed by atoms with Gasteiger partial charge in [-0.25, -0.2) is 4.98 Å². The highest BCUT2D eigenvalue weighted by Crippen LogP contribution is 2.31. The Morgan fingerprint density at radius 1 is 1.15 bits per heavy atom. The minimum absolute atomic E-state index is 0.124. The Bertz CT molecular complexity index is 1240. The lowest BCUT2D eigenvalue weighted by Crippen LogP contribution is -2.25. The number of rotatable bonds is 10. The van der Waals surface area contributed by atoms with E-state index >= 15 is 0 Å². The molecule has 4 rings (SSSR count). The van der Waals surface area contributed by atoms with Crippen LogP contribution in [0, 0.1) is 5.92 Å². The van der Waals surface area contributed by atoms with Gasteiger partial charge < -0.3 is 10.1 Å². The Morgan fingerprint density at radius 3 is 2.74 bits per heavy atom. The molecule has 0 fully saturated rings. The molecule has 0 unspecified atom stereocenters. The zero-order valence-corrected chi connectivity index (χ0v) is 21.0. The van der Waals surface area contributed by atoms with Gasteiger partial charge in [0, 0.05) is 23.2 Å². The van der Waals surface area contributed by atoms with Crippen LogP contribution in [0.5, 0.6) is 5.75 Å². The summed E-state index contributed by atoms with van der Waals surface area (Å²) in [6, 6.07) is 17.8. The fourth-order valence-corrected chi connectivity index (χ4v) is 5.04. The first-order valence-corrected chi connectivity index (χ1v) is 12.9. The molecule has 0 aliphatic carbocycles. The molecule has 0 aliphatic heterocycles. The maximum Gasteiger partial charge on any atom is 0.270 e. The van der Waals surface area contributed by atoms with E-state index in [0.717, 1.165) is 39.4 Å². The molecular weight excluding hydrogens is 466 g/mol. The zero-order valence-electron chi connectivity index (χ0n) is 19.4. The van der Waals surface area contributed by atoms with Gasteiger partial charge in [0.05, 0.1) is 12.9 Å². The Hall–Kier alpha value is -3.17. The number of nitrogens with zero attached hydrogens (tertiary/aromatic N) is 4. The average molecular weight is 494 g/mol. The van der Waals surface area contributed by atoms with E-state index < -0.39 is 0 Å². The van der Waals surface area contributed by atoms with Crippen molar-refractivity contribution in [1.82, 2.24) is 25.1 Å². The average Bonchev–Trinajstić information content (AvgIpc) is 3.50. The van der Waals surface area contributed by atoms with Crippen molar-refractivity contribution in [2.24, 2.45) is 5.92 Å². The van der Waals surface area contributed by atoms with E-state index in [1.54, 1.807) is 18.9 Å². The first kappa shape index (κ1) is 24.0. The van der Waals surface area contributed by atoms with Gasteiger partial charge >= 0.3 is 0 Å². The Kier molecular flexibility index (Phi) is 7.97. The van der Waals surface area contributed by atoms with Crippen LogP contribution in [0.4, 0.5) is 0 Å². The van der Waals surface area contributed by atoms with E-state index in [-0.39, 0.29) is 5.91 Å². The molecule has 0 radical (unpaired) electrons. The summed E-state index contributed by atoms with van der Waals surface area (Å²) in [5.41, 5.74) is 2.35. The van der Waals surface area contributed by atoms with Crippen molar-refractivity contribution in [1.29, 1.82) is 0 Å². The van der Waals surface area contributed by atoms with Crippen molar-refractivity contribution in [3.63, 3.8) is 0 Å². The van der Waals surface area contributed by atoms with Crippen molar-refractivity contribution in [2.45, 2.75) is 31.2 Å². The van der Waals surface area contributed by atoms with Crippen LogP contribution in [0.15, 0.2) is 65.1 Å². The molecule has 1 amide bonds. The molecule has 7 nitrogen and oxygen atoms in total. The number of amides is 1. The number of methoxy groups -OCH3 is 1. The third-order valence-corrected chi connectivity index (χ3v) is 7.06. The maximum atomic E-state index is 12.4. The molecule has 176 valence electrons. The Balaban J connectivity index is 1.53. The summed E-state index contributed by atoms with van der Waals surface area (Å²) in [7, 11) is 1.65. The van der Waals surface area contributed by atoms with Gasteiger partial charge in [-0.05, 0) is 36.6 Å². The standard InChI is InChI=1S/C25H27N5O2S2/c1-17(2)12-13-26-24(31)21-15-33-22(27-21)16-34-25-29-28-23(18-8-7-11-20(14-18)32-3)30(25)19-9-5-4-6-10-19/h4-11,14-15,17H,12-13,16H2,1-3H3,(H,26,31). The topological polar surface area (TPSA) is 81.9 Å². The molecule has 1 N–H and O–H groups in total. The first-order valence-electron chi connectivity index (χ1n) is 11.1. The summed E-state index contributed by atoms with van der Waals surface area (Å²) >= 11 is 3.02. The van der Waals surface area contributed by atoms with Crippen molar-refractivity contribution in [2.75, 3.05) is 13.7 Å². The minimum atomic E-state index is -0.124. The lowest BCUT2D eigenvalue weighted by molar-refractivity contribution is 0.0947. The summed E-state index contributed by atoms with van der Waals surface area (Å²) in [5, 5.41) is 15.3. The smallest absolute Gasteiger partial charge is 0.270 e. The highest BCUT2D eigenvalue weighted by molar-refractivity contribution is 7.98. The fraction of sp³-hybridized carbons (Fsp3) is 0.280. The number of para-hydroxylation sites is 1. The highest BCUT2D eigenvalue weighted by atomic mass is 32.2. The summed E-state index contributed by atoms with van der Waals surface area (Å²) in [5.74, 6) is 2.51. The second-order valence-corrected chi connectivity index (χ2v) is 9.95. The van der Waals surface area contributed by atoms with Crippen LogP contribution in [0.1, 0.15) is 35.8 Å². The van der Waals surface area contributed by atoms with Crippen LogP contribution in [-0.4, -0.2) is 39.3 Å². The van der Waals surface area contributed by atoms with Gasteiger partial charge in [-0.2, -0.15) is 0 Å². The molecule has 0 bridgehead atoms. The van der Waals surface area contributed by atoms with Gasteiger partial charge in [0.15, 0.2) is 11.0 Å². The summed E-state index contributed by atoms with van der Waals surface area (Å²) in [4.78, 5) is 16.9. The number of nitrogens with one attached hydrogen (secondary N) is 1. The number of ether oxygens (including phenoxy) is 1. The molecule has 9 heteroatoms. The van der Waals surface area contributed by atoms with E-state index in [2.05, 4.69) is 34.3 Å². The van der Waals surface area contributed by atoms with Crippen LogP contribution in [-0.2, 0) is 5.75 Å². The number of aromatic nitrogens is 4. The second kappa shape index (κ2) is 11.3. The highest BCUT2D eigenvalue weighted by Gasteiger charge is 2.18. The van der Waals surface area contributed by atoms with E-state index in [0.29, 0.717) is 23.9 Å². The maximum absolute atomic E-state index is 12.4. The molecule has 0 aliphatic rings. The predicted octanol–water partition coefficient (Wildman–Crippen LogP) is 5.47. The Morgan fingerprint density at radius 2 is 1.97 bits per heavy atom. The van der Waals surface area contributed by atoms with Gasteiger partial charge in [0.1, 0.15) is 16.5 Å². The predicted molar refractivity (Wildman–Crippen MR) is 137 cm³/mol. The number of thiazole rings is 1. The van der Waals surface area contributed by atoms with Crippen LogP contribution in [0.25, 0.3) is 17.1 Å². The SMILES string of the molecule is COc1cccc(-c2nnc(SCc3nc(C(=O)NCCC(C)C)cs3)n2-c2ccccc2)c1. The molecule has 0 saturated carbocycles. The summed E-state index contributed by atoms with van der Waals surface area (Å²) < 4.78 is 7.42. The van der Waals surface area contributed by atoms with Crippen molar-refractivity contribution in [3.05, 3.63) is 70.7 Å². The van der Waals surface area contributed by atoms with Gasteiger partial charge in [-0.3, -0.25) is 9.36 Å². The normalized spacial score (nSPS) is 11.1. The van der Waals surface area contributed by atoms with Crippen molar-refractivity contribution in [3.8, 4) is 22.8 Å². The number of hydrogen-bond donors (Lipinski definition) is 1. The van der Waals surface area contributed by atoms with E-state index in [9.17, 15) is 4.79 Å². The van der Waals surface area contributed by atoms with Crippen LogP contribution in [0.2, 0.25) is 0 Å². The minimum Gasteiger partial charge on any atom is -0.497 e. The van der Waals surface area contributed by atoms with Crippen LogP contribution in [0.3, 0.4) is 0 Å². The van der Waals surface area contributed by atoms with Gasteiger partial charge in [-0.1, -0.05) is 55.9 Å². The number of hydrogen-bond acceptors (Lipinski definition) is 7. The molecule has 2 aromatic heterocycles. The summed E-state index contributed by atoms with van der Waals surface area (Å²) in [6.45, 7) is 4.93. The largest absolute Gasteiger partial charge is 0.497 e. The molecule has 0 saturated heterocycles. The van der Waals surface area contributed by atoms with Crippen LogP contribution < -0.4 is 10.1 Å². The first-order chi connectivity index (χ1) is 16.5. The summed E-state index contributed by atoms with van der Waals surface area (Å²) in [6.07, 6.45) is 0.948. The lowest BCUT2D eigenvalue weighted by atomic mass is 10.1. The van der Waals surface area contributed by atoms with E-state index in [1.807, 2.05) is 64.5 Å². The lowest BCUT2D eigenvalue weighted by Gasteiger charge is -2.10. The molecule has 0 spiro atoms. The quantitative estimate of drug-likeness (QED) is 0.295. The zero-order chi connectivity index (χ0) is 23.9. The molecular formula is C25H27N5O2S2. The number of benzene rings is 2. The van der Waals surface area contributed by atoms with E-state index in [4.69, 9.17) is 4.74 Å². The monoisotopic (exact) mass is 493 g/mol. The fourth-order valence-electron chi connectivity index (χ4n) is 3.30. The van der Waals surface area contributed by atoms with Gasteiger partial charge in [0.25, 0.3) is 5.91 Å². The van der Waals surface area contributed by atoms with Gasteiger partial charge in [0.2, 0.25) is 0 Å². The number of thioether (sulfide) groups is 1. The van der Waals surface area contributed by atoms with E-state index in [1.165, 1.54) is 11.3 Å². The molecule has 0 atom stereocenters. The second-order valence-electron chi connectivity index (χ2n) is 8.06. The van der Waals surface area contributed by atoms with Crippen molar-refractivity contribution < 1.29 is 9.53 Å². The molecule has 4 aromatic rings. The Labute approximate surface area is 207 Å². The van der Waals surface area contributed by atoms with Crippen LogP contribution >= 0.6 is 23.1 Å². The van der Waals surface area contributed by atoms with Crippen molar-refractivity contribution >= 4 is 29.0 Å². The van der Waals surface area contributed by atoms with Gasteiger partial charge in [-0.15, -0.1) is 21.5 Å². The number of carbonyl (C=O) groups excluding carboxylic acids is 1. The molecule has 2 aromatic carbocycles. The third kappa shape index (κ3) is 5.84. The number of carbonyl (C=O) groups is 1. The third-order valence-electron chi connectivity index (χ3n) is 5.09. The molecule has 2 heterocycles. The molecule has 34 heavy (non-hydrogen) atoms.